The first-order chi connectivity index (χ1) is 16.4. The molecule has 176 valence electrons. The first-order valence-electron chi connectivity index (χ1n) is 10.8. The summed E-state index contributed by atoms with van der Waals surface area (Å²) < 4.78 is 7.36. The lowest BCUT2D eigenvalue weighted by Crippen LogP contribution is -2.15. The molecule has 0 saturated heterocycles. The van der Waals surface area contributed by atoms with Crippen LogP contribution >= 0.6 is 34.7 Å². The van der Waals surface area contributed by atoms with Gasteiger partial charge in [0.15, 0.2) is 11.0 Å². The summed E-state index contributed by atoms with van der Waals surface area (Å²) in [4.78, 5) is 13.9. The van der Waals surface area contributed by atoms with E-state index in [2.05, 4.69) is 70.5 Å². The van der Waals surface area contributed by atoms with Gasteiger partial charge >= 0.3 is 0 Å². The normalized spacial score (nSPS) is 11.0. The summed E-state index contributed by atoms with van der Waals surface area (Å²) >= 11 is 9.12. The Labute approximate surface area is 212 Å². The Morgan fingerprint density at radius 1 is 1.18 bits per heavy atom. The number of hydrogen-bond donors (Lipinski definition) is 1. The second-order valence-corrected chi connectivity index (χ2v) is 10.1. The number of benzene rings is 2. The van der Waals surface area contributed by atoms with Crippen LogP contribution in [0.1, 0.15) is 17.4 Å². The average molecular weight is 513 g/mol. The van der Waals surface area contributed by atoms with Gasteiger partial charge in [-0.1, -0.05) is 53.2 Å². The SMILES string of the molecule is CCn1c(SCC(=O)Nc2cc(Cl)ccc2OC)nnc1-c1csc(C)c1-c1ccc(C)cc1. The van der Waals surface area contributed by atoms with Crippen LogP contribution in [0.4, 0.5) is 5.69 Å². The third-order valence-electron chi connectivity index (χ3n) is 5.36. The Morgan fingerprint density at radius 3 is 2.65 bits per heavy atom. The Balaban J connectivity index is 1.55. The number of ether oxygens (including phenoxy) is 1. The van der Waals surface area contributed by atoms with E-state index in [1.807, 2.05) is 0 Å². The first-order valence-corrected chi connectivity index (χ1v) is 13.0. The maximum Gasteiger partial charge on any atom is 0.234 e. The minimum Gasteiger partial charge on any atom is -0.495 e. The van der Waals surface area contributed by atoms with E-state index in [0.29, 0.717) is 28.2 Å². The van der Waals surface area contributed by atoms with Crippen LogP contribution in [0.2, 0.25) is 5.02 Å². The van der Waals surface area contributed by atoms with Gasteiger partial charge in [0.05, 0.1) is 18.6 Å². The molecule has 4 rings (SSSR count). The molecule has 2 heterocycles. The number of carbonyl (C=O) groups is 1. The van der Waals surface area contributed by atoms with Crippen LogP contribution in [0.25, 0.3) is 22.5 Å². The Hall–Kier alpha value is -2.81. The molecule has 0 aliphatic rings. The molecule has 0 spiro atoms. The number of aryl methyl sites for hydroxylation is 2. The number of methoxy groups -OCH3 is 1. The minimum absolute atomic E-state index is 0.176. The zero-order chi connectivity index (χ0) is 24.2. The summed E-state index contributed by atoms with van der Waals surface area (Å²) in [7, 11) is 1.55. The number of nitrogens with zero attached hydrogens (tertiary/aromatic N) is 3. The Kier molecular flexibility index (Phi) is 7.60. The lowest BCUT2D eigenvalue weighted by Gasteiger charge is -2.11. The molecule has 0 bridgehead atoms. The van der Waals surface area contributed by atoms with Gasteiger partial charge in [-0.25, -0.2) is 0 Å². The van der Waals surface area contributed by atoms with E-state index in [1.165, 1.54) is 27.8 Å². The molecule has 34 heavy (non-hydrogen) atoms. The van der Waals surface area contributed by atoms with Gasteiger partial charge in [-0.3, -0.25) is 4.79 Å². The number of hydrogen-bond acceptors (Lipinski definition) is 6. The number of rotatable bonds is 8. The molecule has 2 aromatic carbocycles. The highest BCUT2D eigenvalue weighted by Gasteiger charge is 2.20. The van der Waals surface area contributed by atoms with Crippen LogP contribution in [0.3, 0.4) is 0 Å². The number of amides is 1. The summed E-state index contributed by atoms with van der Waals surface area (Å²) in [5, 5.41) is 15.1. The highest BCUT2D eigenvalue weighted by molar-refractivity contribution is 7.99. The van der Waals surface area contributed by atoms with Crippen molar-refractivity contribution in [3.63, 3.8) is 0 Å². The van der Waals surface area contributed by atoms with Gasteiger partial charge in [0, 0.05) is 33.0 Å². The van der Waals surface area contributed by atoms with Gasteiger partial charge in [0.2, 0.25) is 5.91 Å². The van der Waals surface area contributed by atoms with Gasteiger partial charge < -0.3 is 14.6 Å². The molecule has 6 nitrogen and oxygen atoms in total. The maximum absolute atomic E-state index is 12.6. The summed E-state index contributed by atoms with van der Waals surface area (Å²) in [6, 6.07) is 13.6. The van der Waals surface area contributed by atoms with Crippen LogP contribution in [0.5, 0.6) is 5.75 Å². The molecule has 9 heteroatoms. The standard InChI is InChI=1S/C25H25ClN4O2S2/c1-5-30-24(19-13-33-16(3)23(19)17-8-6-15(2)7-9-17)28-29-25(30)34-14-22(31)27-20-12-18(26)10-11-21(20)32-4/h6-13H,5,14H2,1-4H3,(H,27,31). The Morgan fingerprint density at radius 2 is 1.94 bits per heavy atom. The minimum atomic E-state index is -0.176. The van der Waals surface area contributed by atoms with Gasteiger partial charge in [-0.2, -0.15) is 0 Å². The number of anilines is 1. The molecular formula is C25H25ClN4O2S2. The molecule has 0 unspecified atom stereocenters. The fourth-order valence-electron chi connectivity index (χ4n) is 3.67. The van der Waals surface area contributed by atoms with Crippen LogP contribution in [-0.2, 0) is 11.3 Å². The van der Waals surface area contributed by atoms with Crippen molar-refractivity contribution in [3.05, 3.63) is 63.3 Å². The molecule has 0 fully saturated rings. The van der Waals surface area contributed by atoms with Crippen molar-refractivity contribution in [2.24, 2.45) is 0 Å². The van der Waals surface area contributed by atoms with E-state index >= 15 is 0 Å². The Bertz CT molecular complexity index is 1320. The van der Waals surface area contributed by atoms with Gasteiger partial charge in [0.1, 0.15) is 5.75 Å². The van der Waals surface area contributed by atoms with Crippen molar-refractivity contribution < 1.29 is 9.53 Å². The topological polar surface area (TPSA) is 69.0 Å². The summed E-state index contributed by atoms with van der Waals surface area (Å²) in [6.07, 6.45) is 0. The second kappa shape index (κ2) is 10.6. The molecule has 1 amide bonds. The van der Waals surface area contributed by atoms with Crippen molar-refractivity contribution in [1.82, 2.24) is 14.8 Å². The maximum atomic E-state index is 12.6. The molecule has 1 N–H and O–H groups in total. The zero-order valence-corrected chi connectivity index (χ0v) is 21.8. The summed E-state index contributed by atoms with van der Waals surface area (Å²) in [6.45, 7) is 6.95. The largest absolute Gasteiger partial charge is 0.495 e. The monoisotopic (exact) mass is 512 g/mol. The number of nitrogens with one attached hydrogen (secondary N) is 1. The fraction of sp³-hybridized carbons (Fsp3) is 0.240. The highest BCUT2D eigenvalue weighted by atomic mass is 35.5. The summed E-state index contributed by atoms with van der Waals surface area (Å²) in [5.41, 5.74) is 5.15. The van der Waals surface area contributed by atoms with Crippen molar-refractivity contribution in [2.75, 3.05) is 18.2 Å². The zero-order valence-electron chi connectivity index (χ0n) is 19.4. The van der Waals surface area contributed by atoms with Gasteiger partial charge in [0.25, 0.3) is 0 Å². The van der Waals surface area contributed by atoms with Crippen molar-refractivity contribution >= 4 is 46.3 Å². The molecule has 0 aliphatic heterocycles. The fourth-order valence-corrected chi connectivity index (χ4v) is 5.51. The van der Waals surface area contributed by atoms with E-state index < -0.39 is 0 Å². The number of thioether (sulfide) groups is 1. The molecule has 0 atom stereocenters. The molecular weight excluding hydrogens is 488 g/mol. The molecule has 2 aromatic heterocycles. The van der Waals surface area contributed by atoms with E-state index in [-0.39, 0.29) is 11.7 Å². The van der Waals surface area contributed by atoms with E-state index in [0.717, 1.165) is 17.0 Å². The smallest absolute Gasteiger partial charge is 0.234 e. The van der Waals surface area contributed by atoms with Crippen LogP contribution in [-0.4, -0.2) is 33.5 Å². The van der Waals surface area contributed by atoms with Crippen LogP contribution in [0.15, 0.2) is 53.0 Å². The number of carbonyl (C=O) groups excluding carboxylic acids is 1. The quantitative estimate of drug-likeness (QED) is 0.266. The number of thiophene rings is 1. The van der Waals surface area contributed by atoms with Crippen LogP contribution in [0, 0.1) is 13.8 Å². The highest BCUT2D eigenvalue weighted by Crippen LogP contribution is 2.39. The van der Waals surface area contributed by atoms with Gasteiger partial charge in [-0.15, -0.1) is 21.5 Å². The van der Waals surface area contributed by atoms with Crippen LogP contribution < -0.4 is 10.1 Å². The third kappa shape index (κ3) is 5.14. The predicted molar refractivity (Wildman–Crippen MR) is 141 cm³/mol. The molecule has 0 radical (unpaired) electrons. The van der Waals surface area contributed by atoms with E-state index in [4.69, 9.17) is 16.3 Å². The number of aromatic nitrogens is 3. The predicted octanol–water partition coefficient (Wildman–Crippen LogP) is 6.70. The molecule has 0 aliphatic carbocycles. The van der Waals surface area contributed by atoms with Crippen molar-refractivity contribution in [3.8, 4) is 28.3 Å². The average Bonchev–Trinajstić information content (AvgIpc) is 3.41. The first kappa shape index (κ1) is 24.3. The third-order valence-corrected chi connectivity index (χ3v) is 7.47. The summed E-state index contributed by atoms with van der Waals surface area (Å²) in [5.74, 6) is 1.37. The van der Waals surface area contributed by atoms with E-state index in [1.54, 1.807) is 36.6 Å². The van der Waals surface area contributed by atoms with Crippen molar-refractivity contribution in [2.45, 2.75) is 32.5 Å². The molecule has 0 saturated carbocycles. The lowest BCUT2D eigenvalue weighted by atomic mass is 10.0. The second-order valence-electron chi connectivity index (χ2n) is 7.68. The molecule has 4 aromatic rings. The lowest BCUT2D eigenvalue weighted by molar-refractivity contribution is -0.113. The number of halogens is 1. The van der Waals surface area contributed by atoms with E-state index in [9.17, 15) is 4.79 Å². The van der Waals surface area contributed by atoms with Gasteiger partial charge in [-0.05, 0) is 44.5 Å². The van der Waals surface area contributed by atoms with Crippen molar-refractivity contribution in [1.29, 1.82) is 0 Å².